The maximum Gasteiger partial charge on any atom is 0.306 e. The average Bonchev–Trinajstić information content (AvgIpc) is 3.39. The number of aliphatic carboxylic acids is 1. The molecule has 9 nitrogen and oxygen atoms in total. The lowest BCUT2D eigenvalue weighted by Gasteiger charge is -2.26. The molecule has 0 aliphatic carbocycles. The lowest BCUT2D eigenvalue weighted by atomic mass is 10.0. The Bertz CT molecular complexity index is 1570. The van der Waals surface area contributed by atoms with E-state index in [0.29, 0.717) is 17.4 Å². The third kappa shape index (κ3) is 57.9. The van der Waals surface area contributed by atoms with E-state index in [2.05, 4.69) is 111 Å². The molecule has 0 radical (unpaired) electrons. The van der Waals surface area contributed by atoms with Gasteiger partial charge in [-0.05, 0) is 77.0 Å². The van der Waals surface area contributed by atoms with Crippen molar-refractivity contribution in [3.63, 3.8) is 0 Å². The molecule has 0 heterocycles. The van der Waals surface area contributed by atoms with Gasteiger partial charge >= 0.3 is 11.9 Å². The molecule has 0 amide bonds. The summed E-state index contributed by atoms with van der Waals surface area (Å²) in [5, 5.41) is 11.8. The number of carboxylic acid groups (broad SMARTS) is 1. The van der Waals surface area contributed by atoms with Crippen molar-refractivity contribution in [2.75, 3.05) is 47.5 Å². The van der Waals surface area contributed by atoms with E-state index >= 15 is 0 Å². The zero-order valence-electron chi connectivity index (χ0n) is 49.6. The Morgan fingerprint density at radius 3 is 1.12 bits per heavy atom. The smallest absolute Gasteiger partial charge is 0.306 e. The Labute approximate surface area is 467 Å². The first kappa shape index (κ1) is 72.2. The van der Waals surface area contributed by atoms with Crippen LogP contribution in [0.4, 0.5) is 0 Å². The third-order valence-corrected chi connectivity index (χ3v) is 13.1. The molecule has 9 heteroatoms. The number of nitrogens with zero attached hydrogens (tertiary/aromatic N) is 1. The first-order valence-corrected chi connectivity index (χ1v) is 30.9. The lowest BCUT2D eigenvalue weighted by Crippen LogP contribution is -2.44. The van der Waals surface area contributed by atoms with Gasteiger partial charge in [-0.15, -0.1) is 0 Å². The van der Waals surface area contributed by atoms with Crippen LogP contribution < -0.4 is 5.11 Å². The quantitative estimate of drug-likeness (QED) is 0.0195. The van der Waals surface area contributed by atoms with E-state index in [9.17, 15) is 19.5 Å². The molecule has 0 rings (SSSR count). The van der Waals surface area contributed by atoms with Crippen LogP contribution in [0.25, 0.3) is 0 Å². The largest absolute Gasteiger partial charge is 0.545 e. The Hall–Kier alpha value is -3.79. The fourth-order valence-corrected chi connectivity index (χ4v) is 8.38. The van der Waals surface area contributed by atoms with Gasteiger partial charge in [0.15, 0.2) is 12.4 Å². The van der Waals surface area contributed by atoms with Crippen LogP contribution in [0.1, 0.15) is 251 Å². The normalized spacial score (nSPS) is 13.4. The van der Waals surface area contributed by atoms with Crippen LogP contribution in [0, 0.1) is 0 Å². The van der Waals surface area contributed by atoms with Crippen molar-refractivity contribution in [2.24, 2.45) is 0 Å². The molecule has 0 aliphatic rings. The fourth-order valence-electron chi connectivity index (χ4n) is 8.38. The number of esters is 2. The molecule has 0 fully saturated rings. The van der Waals surface area contributed by atoms with E-state index in [1.54, 1.807) is 0 Å². The molecule has 0 aromatic rings. The summed E-state index contributed by atoms with van der Waals surface area (Å²) in [6, 6.07) is 0. The number of hydrogen-bond acceptors (Lipinski definition) is 8. The minimum atomic E-state index is -1.63. The van der Waals surface area contributed by atoms with Crippen LogP contribution in [-0.2, 0) is 33.3 Å². The summed E-state index contributed by atoms with van der Waals surface area (Å²) < 4.78 is 22.7. The van der Waals surface area contributed by atoms with Crippen LogP contribution in [-0.4, -0.2) is 82.3 Å². The van der Waals surface area contributed by atoms with Gasteiger partial charge in [-0.25, -0.2) is 0 Å². The van der Waals surface area contributed by atoms with E-state index in [-0.39, 0.29) is 38.6 Å². The van der Waals surface area contributed by atoms with Crippen LogP contribution in [0.15, 0.2) is 97.2 Å². The molecule has 0 spiro atoms. The lowest BCUT2D eigenvalue weighted by molar-refractivity contribution is -0.870. The highest BCUT2D eigenvalue weighted by atomic mass is 16.7. The molecule has 0 saturated carbocycles. The summed E-state index contributed by atoms with van der Waals surface area (Å²) in [5.74, 6) is -2.30. The van der Waals surface area contributed by atoms with Gasteiger partial charge in [0.25, 0.3) is 0 Å². The number of hydrogen-bond donors (Lipinski definition) is 0. The average molecular weight is 1060 g/mol. The molecule has 0 aromatic carbocycles. The summed E-state index contributed by atoms with van der Waals surface area (Å²) >= 11 is 0. The number of unbranched alkanes of at least 4 members (excludes halogenated alkanes) is 25. The summed E-state index contributed by atoms with van der Waals surface area (Å²) in [6.45, 7) is 4.63. The second-order valence-electron chi connectivity index (χ2n) is 21.6. The third-order valence-electron chi connectivity index (χ3n) is 13.1. The molecular formula is C67H115NO8. The van der Waals surface area contributed by atoms with Crippen LogP contribution in [0.3, 0.4) is 0 Å². The van der Waals surface area contributed by atoms with Crippen molar-refractivity contribution in [3.8, 4) is 0 Å². The summed E-state index contributed by atoms with van der Waals surface area (Å²) in [6.07, 6.45) is 74.6. The molecule has 76 heavy (non-hydrogen) atoms. The van der Waals surface area contributed by atoms with Gasteiger partial charge in [-0.3, -0.25) is 9.59 Å². The van der Waals surface area contributed by atoms with Crippen LogP contribution in [0.2, 0.25) is 0 Å². The molecule has 0 aliphatic heterocycles. The summed E-state index contributed by atoms with van der Waals surface area (Å²) in [7, 11) is 5.92. The predicted molar refractivity (Wildman–Crippen MR) is 320 cm³/mol. The van der Waals surface area contributed by atoms with Crippen LogP contribution in [0.5, 0.6) is 0 Å². The molecule has 2 unspecified atom stereocenters. The standard InChI is InChI=1S/C67H115NO8/c1-6-8-10-12-14-16-18-20-22-24-26-28-29-30-31-32-33-34-35-36-37-38-40-42-44-46-48-50-52-54-56-58-65(70)76-63(62-75-67(66(71)72)73-60-59-68(3,4)5)61-74-64(69)57-55-53-51-49-47-45-43-41-39-27-25-23-21-19-17-15-13-11-9-7-2/h8,10,14,16,20,22,26,28,30-31,33-34,36-37,40,42,63,67H,6-7,9,11-13,15,17-19,21,23-25,27,29,32,35,38-39,41,43-62H2,1-5H3/b10-8-,16-14-,22-20-,28-26-,31-30-,34-33-,37-36-,42-40-. The highest BCUT2D eigenvalue weighted by Gasteiger charge is 2.22. The number of quaternary nitrogens is 1. The first-order valence-electron chi connectivity index (χ1n) is 30.9. The molecule has 0 aromatic heterocycles. The topological polar surface area (TPSA) is 111 Å². The number of carbonyl (C=O) groups is 3. The monoisotopic (exact) mass is 1060 g/mol. The Morgan fingerprint density at radius 1 is 0.408 bits per heavy atom. The number of carbonyl (C=O) groups excluding carboxylic acids is 3. The highest BCUT2D eigenvalue weighted by Crippen LogP contribution is 2.16. The van der Waals surface area contributed by atoms with Gasteiger partial charge < -0.3 is 33.3 Å². The van der Waals surface area contributed by atoms with E-state index in [4.69, 9.17) is 18.9 Å². The molecule has 0 bridgehead atoms. The number of likely N-dealkylation sites (N-methyl/N-ethyl adjacent to an activating group) is 1. The zero-order chi connectivity index (χ0) is 55.5. The van der Waals surface area contributed by atoms with Gasteiger partial charge in [0, 0.05) is 12.8 Å². The number of allylic oxidation sites excluding steroid dienone is 16. The van der Waals surface area contributed by atoms with Gasteiger partial charge in [0.1, 0.15) is 13.2 Å². The number of carboxylic acids is 1. The van der Waals surface area contributed by atoms with Crippen molar-refractivity contribution in [2.45, 2.75) is 264 Å². The predicted octanol–water partition coefficient (Wildman–Crippen LogP) is 17.2. The molecule has 436 valence electrons. The van der Waals surface area contributed by atoms with Crippen molar-refractivity contribution in [3.05, 3.63) is 97.2 Å². The molecule has 0 saturated heterocycles. The number of rotatable bonds is 56. The molecular weight excluding hydrogens is 947 g/mol. The van der Waals surface area contributed by atoms with E-state index < -0.39 is 24.3 Å². The minimum absolute atomic E-state index is 0.141. The second-order valence-corrected chi connectivity index (χ2v) is 21.6. The Balaban J connectivity index is 4.27. The first-order chi connectivity index (χ1) is 37.1. The van der Waals surface area contributed by atoms with Crippen molar-refractivity contribution < 1.29 is 42.9 Å². The van der Waals surface area contributed by atoms with Crippen LogP contribution >= 0.6 is 0 Å². The maximum absolute atomic E-state index is 12.9. The second kappa shape index (κ2) is 57.4. The van der Waals surface area contributed by atoms with E-state index in [1.807, 2.05) is 21.1 Å². The van der Waals surface area contributed by atoms with Gasteiger partial charge in [-0.2, -0.15) is 0 Å². The molecule has 2 atom stereocenters. The fraction of sp³-hybridized carbons (Fsp3) is 0.716. The SMILES string of the molecule is CC/C=C\C/C=C\C/C=C\C/C=C\C/C=C\C/C=C\C/C=C\C/C=C\CCCCCCCCC(=O)OC(COC(=O)CCCCCCCCCCCCCCCCCCCCCC)COC(OCC[N+](C)(C)C)C(=O)[O-]. The summed E-state index contributed by atoms with van der Waals surface area (Å²) in [4.78, 5) is 37.4. The Morgan fingerprint density at radius 2 is 0.750 bits per heavy atom. The van der Waals surface area contributed by atoms with Crippen molar-refractivity contribution >= 4 is 17.9 Å². The van der Waals surface area contributed by atoms with Gasteiger partial charge in [0.05, 0.1) is 40.3 Å². The zero-order valence-corrected chi connectivity index (χ0v) is 49.6. The van der Waals surface area contributed by atoms with Gasteiger partial charge in [0.2, 0.25) is 0 Å². The summed E-state index contributed by atoms with van der Waals surface area (Å²) in [5.41, 5.74) is 0. The highest BCUT2D eigenvalue weighted by molar-refractivity contribution is 5.70. The Kier molecular flexibility index (Phi) is 54.5. The van der Waals surface area contributed by atoms with E-state index in [1.165, 1.54) is 109 Å². The van der Waals surface area contributed by atoms with E-state index in [0.717, 1.165) is 109 Å². The van der Waals surface area contributed by atoms with Gasteiger partial charge in [-0.1, -0.05) is 259 Å². The minimum Gasteiger partial charge on any atom is -0.545 e. The van der Waals surface area contributed by atoms with Crippen molar-refractivity contribution in [1.82, 2.24) is 0 Å². The molecule has 0 N–H and O–H groups in total. The van der Waals surface area contributed by atoms with Crippen molar-refractivity contribution in [1.29, 1.82) is 0 Å². The number of ether oxygens (including phenoxy) is 4. The maximum atomic E-state index is 12.9.